The summed E-state index contributed by atoms with van der Waals surface area (Å²) in [5.41, 5.74) is 6.22. The van der Waals surface area contributed by atoms with Gasteiger partial charge in [-0.2, -0.15) is 0 Å². The van der Waals surface area contributed by atoms with E-state index >= 15 is 0 Å². The van der Waals surface area contributed by atoms with E-state index in [0.717, 1.165) is 5.56 Å². The second-order valence-electron chi connectivity index (χ2n) is 3.21. The monoisotopic (exact) mass is 229 g/mol. The summed E-state index contributed by atoms with van der Waals surface area (Å²) < 4.78 is 5.49. The fraction of sp³-hybridized carbons (Fsp3) is 0.300. The molecule has 0 heterocycles. The van der Waals surface area contributed by atoms with Crippen LogP contribution in [0.3, 0.4) is 0 Å². The smallest absolute Gasteiger partial charge is 0.121 e. The number of halogens is 1. The Labute approximate surface area is 94.0 Å². The fourth-order valence-electron chi connectivity index (χ4n) is 1.05. The predicted octanol–water partition coefficient (Wildman–Crippen LogP) is 2.76. The molecule has 4 heteroatoms. The molecule has 0 aromatic heterocycles. The van der Waals surface area contributed by atoms with Gasteiger partial charge in [0.05, 0.1) is 6.10 Å². The highest BCUT2D eigenvalue weighted by Crippen LogP contribution is 2.21. The Kier molecular flexibility index (Phi) is 3.72. The number of rotatable bonds is 3. The molecule has 0 bridgehead atoms. The molecule has 0 aliphatic carbocycles. The Morgan fingerprint density at radius 1 is 1.43 bits per heavy atom. The van der Waals surface area contributed by atoms with Crippen LogP contribution in [0.15, 0.2) is 18.2 Å². The molecule has 2 nitrogen and oxygen atoms in total. The molecular formula is C10H12ClNOS. The maximum absolute atomic E-state index is 5.88. The van der Waals surface area contributed by atoms with Gasteiger partial charge in [0.1, 0.15) is 10.7 Å². The largest absolute Gasteiger partial charge is 0.491 e. The Hall–Kier alpha value is -0.800. The van der Waals surface area contributed by atoms with Crippen molar-refractivity contribution in [3.05, 3.63) is 28.8 Å². The van der Waals surface area contributed by atoms with E-state index in [0.29, 0.717) is 15.8 Å². The second kappa shape index (κ2) is 4.62. The first-order chi connectivity index (χ1) is 6.49. The lowest BCUT2D eigenvalue weighted by Crippen LogP contribution is -2.11. The van der Waals surface area contributed by atoms with Gasteiger partial charge >= 0.3 is 0 Å². The summed E-state index contributed by atoms with van der Waals surface area (Å²) in [6, 6.07) is 5.24. The SMILES string of the molecule is CC(C)Oc1cc(Cl)cc(C(N)=S)c1. The normalized spacial score (nSPS) is 10.3. The first-order valence-corrected chi connectivity index (χ1v) is 5.04. The van der Waals surface area contributed by atoms with E-state index in [1.807, 2.05) is 13.8 Å². The molecule has 76 valence electrons. The molecule has 0 fully saturated rings. The minimum atomic E-state index is 0.104. The summed E-state index contributed by atoms with van der Waals surface area (Å²) in [7, 11) is 0. The number of hydrogen-bond acceptors (Lipinski definition) is 2. The Morgan fingerprint density at radius 2 is 2.07 bits per heavy atom. The van der Waals surface area contributed by atoms with Crippen LogP contribution in [0.5, 0.6) is 5.75 Å². The average Bonchev–Trinajstić information content (AvgIpc) is 2.01. The van der Waals surface area contributed by atoms with Crippen molar-refractivity contribution in [2.75, 3.05) is 0 Å². The molecule has 2 N–H and O–H groups in total. The average molecular weight is 230 g/mol. The summed E-state index contributed by atoms with van der Waals surface area (Å²) in [4.78, 5) is 0.320. The van der Waals surface area contributed by atoms with Crippen LogP contribution in [-0.2, 0) is 0 Å². The molecule has 0 saturated carbocycles. The lowest BCUT2D eigenvalue weighted by molar-refractivity contribution is 0.242. The summed E-state index contributed by atoms with van der Waals surface area (Å²) in [5.74, 6) is 0.690. The van der Waals surface area contributed by atoms with Gasteiger partial charge in [-0.15, -0.1) is 0 Å². The zero-order chi connectivity index (χ0) is 10.7. The van der Waals surface area contributed by atoms with E-state index in [1.54, 1.807) is 18.2 Å². The number of thiocarbonyl (C=S) groups is 1. The van der Waals surface area contributed by atoms with Crippen LogP contribution in [0.4, 0.5) is 0 Å². The Bertz CT molecular complexity index is 352. The van der Waals surface area contributed by atoms with Crippen molar-refractivity contribution >= 4 is 28.8 Å². The second-order valence-corrected chi connectivity index (χ2v) is 4.08. The van der Waals surface area contributed by atoms with Crippen molar-refractivity contribution in [2.45, 2.75) is 20.0 Å². The maximum Gasteiger partial charge on any atom is 0.121 e. The van der Waals surface area contributed by atoms with Gasteiger partial charge in [-0.05, 0) is 32.0 Å². The van der Waals surface area contributed by atoms with Crippen LogP contribution in [0.1, 0.15) is 19.4 Å². The molecule has 0 atom stereocenters. The zero-order valence-corrected chi connectivity index (χ0v) is 9.65. The van der Waals surface area contributed by atoms with Crippen LogP contribution in [-0.4, -0.2) is 11.1 Å². The molecule has 14 heavy (non-hydrogen) atoms. The van der Waals surface area contributed by atoms with Crippen molar-refractivity contribution in [2.24, 2.45) is 5.73 Å². The highest BCUT2D eigenvalue weighted by atomic mass is 35.5. The van der Waals surface area contributed by atoms with Gasteiger partial charge in [-0.25, -0.2) is 0 Å². The molecule has 1 aromatic carbocycles. The molecule has 0 spiro atoms. The minimum absolute atomic E-state index is 0.104. The Morgan fingerprint density at radius 3 is 2.57 bits per heavy atom. The summed E-state index contributed by atoms with van der Waals surface area (Å²) in [5, 5.41) is 0.575. The highest BCUT2D eigenvalue weighted by Gasteiger charge is 2.04. The van der Waals surface area contributed by atoms with Crippen molar-refractivity contribution in [1.29, 1.82) is 0 Å². The maximum atomic E-state index is 5.88. The molecular weight excluding hydrogens is 218 g/mol. The molecule has 0 amide bonds. The third-order valence-electron chi connectivity index (χ3n) is 1.53. The number of ether oxygens (including phenoxy) is 1. The van der Waals surface area contributed by atoms with Gasteiger partial charge < -0.3 is 10.5 Å². The van der Waals surface area contributed by atoms with Gasteiger partial charge in [-0.3, -0.25) is 0 Å². The Balaban J connectivity index is 3.01. The van der Waals surface area contributed by atoms with E-state index in [9.17, 15) is 0 Å². The van der Waals surface area contributed by atoms with Gasteiger partial charge in [0.2, 0.25) is 0 Å². The summed E-state index contributed by atoms with van der Waals surface area (Å²) >= 11 is 10.7. The molecule has 0 aliphatic rings. The quantitative estimate of drug-likeness (QED) is 0.810. The van der Waals surface area contributed by atoms with Crippen LogP contribution >= 0.6 is 23.8 Å². The summed E-state index contributed by atoms with van der Waals surface area (Å²) in [6.45, 7) is 3.89. The van der Waals surface area contributed by atoms with Crippen LogP contribution in [0.2, 0.25) is 5.02 Å². The van der Waals surface area contributed by atoms with E-state index in [1.165, 1.54) is 0 Å². The van der Waals surface area contributed by atoms with Gasteiger partial charge in [0.25, 0.3) is 0 Å². The fourth-order valence-corrected chi connectivity index (χ4v) is 1.39. The first-order valence-electron chi connectivity index (χ1n) is 4.26. The highest BCUT2D eigenvalue weighted by molar-refractivity contribution is 7.80. The lowest BCUT2D eigenvalue weighted by atomic mass is 10.2. The number of nitrogens with two attached hydrogens (primary N) is 1. The molecule has 0 radical (unpaired) electrons. The lowest BCUT2D eigenvalue weighted by Gasteiger charge is -2.11. The molecule has 1 aromatic rings. The van der Waals surface area contributed by atoms with Gasteiger partial charge in [0.15, 0.2) is 0 Å². The van der Waals surface area contributed by atoms with Crippen LogP contribution < -0.4 is 10.5 Å². The van der Waals surface area contributed by atoms with E-state index < -0.39 is 0 Å². The van der Waals surface area contributed by atoms with Crippen molar-refractivity contribution in [3.63, 3.8) is 0 Å². The molecule has 0 saturated heterocycles. The zero-order valence-electron chi connectivity index (χ0n) is 8.08. The standard InChI is InChI=1S/C10H12ClNOS/c1-6(2)13-9-4-7(10(12)14)3-8(11)5-9/h3-6H,1-2H3,(H2,12,14). The molecule has 1 rings (SSSR count). The molecule has 0 aliphatic heterocycles. The van der Waals surface area contributed by atoms with Crippen molar-refractivity contribution in [1.82, 2.24) is 0 Å². The number of benzene rings is 1. The summed E-state index contributed by atoms with van der Waals surface area (Å²) in [6.07, 6.45) is 0.104. The van der Waals surface area contributed by atoms with Gasteiger partial charge in [-0.1, -0.05) is 23.8 Å². The van der Waals surface area contributed by atoms with Crippen molar-refractivity contribution < 1.29 is 4.74 Å². The third kappa shape index (κ3) is 3.16. The van der Waals surface area contributed by atoms with Gasteiger partial charge in [0, 0.05) is 10.6 Å². The van der Waals surface area contributed by atoms with Crippen molar-refractivity contribution in [3.8, 4) is 5.75 Å². The van der Waals surface area contributed by atoms with E-state index in [4.69, 9.17) is 34.3 Å². The minimum Gasteiger partial charge on any atom is -0.491 e. The van der Waals surface area contributed by atoms with Crippen LogP contribution in [0.25, 0.3) is 0 Å². The van der Waals surface area contributed by atoms with Crippen LogP contribution in [0, 0.1) is 0 Å². The molecule has 0 unspecified atom stereocenters. The van der Waals surface area contributed by atoms with E-state index in [2.05, 4.69) is 0 Å². The first kappa shape index (κ1) is 11.3. The third-order valence-corrected chi connectivity index (χ3v) is 1.98. The number of hydrogen-bond donors (Lipinski definition) is 1. The predicted molar refractivity (Wildman–Crippen MR) is 63.1 cm³/mol. The van der Waals surface area contributed by atoms with E-state index in [-0.39, 0.29) is 6.10 Å². The topological polar surface area (TPSA) is 35.2 Å².